The molecule has 0 bridgehead atoms. The maximum absolute atomic E-state index is 12.6. The fourth-order valence-electron chi connectivity index (χ4n) is 3.02. The van der Waals surface area contributed by atoms with Gasteiger partial charge in [-0.25, -0.2) is 0 Å². The number of rotatable bonds is 6. The Morgan fingerprint density at radius 2 is 2.11 bits per heavy atom. The van der Waals surface area contributed by atoms with Gasteiger partial charge >= 0.3 is 0 Å². The highest BCUT2D eigenvalue weighted by molar-refractivity contribution is 5.79. The molecule has 0 aliphatic carbocycles. The van der Waals surface area contributed by atoms with Gasteiger partial charge in [0.05, 0.1) is 0 Å². The van der Waals surface area contributed by atoms with Crippen molar-refractivity contribution in [1.82, 2.24) is 10.2 Å². The largest absolute Gasteiger partial charge is 0.381 e. The second kappa shape index (κ2) is 7.85. The average Bonchev–Trinajstić information content (AvgIpc) is 2.96. The molecule has 0 spiro atoms. The summed E-state index contributed by atoms with van der Waals surface area (Å²) in [6.45, 7) is 6.61. The van der Waals surface area contributed by atoms with Crippen molar-refractivity contribution in [1.29, 1.82) is 0 Å². The summed E-state index contributed by atoms with van der Waals surface area (Å²) in [5.41, 5.74) is 0. The van der Waals surface area contributed by atoms with E-state index in [1.807, 2.05) is 0 Å². The van der Waals surface area contributed by atoms with Gasteiger partial charge in [0.25, 0.3) is 0 Å². The van der Waals surface area contributed by atoms with Crippen LogP contribution in [0.5, 0.6) is 0 Å². The summed E-state index contributed by atoms with van der Waals surface area (Å²) in [6, 6.07) is 0.514. The van der Waals surface area contributed by atoms with Crippen molar-refractivity contribution < 1.29 is 9.53 Å². The topological polar surface area (TPSA) is 41.6 Å². The summed E-state index contributed by atoms with van der Waals surface area (Å²) in [4.78, 5) is 14.7. The molecule has 1 unspecified atom stereocenters. The summed E-state index contributed by atoms with van der Waals surface area (Å²) in [6.07, 6.45) is 6.53. The Morgan fingerprint density at radius 1 is 1.32 bits per heavy atom. The van der Waals surface area contributed by atoms with E-state index in [4.69, 9.17) is 4.74 Å². The van der Waals surface area contributed by atoms with Crippen LogP contribution in [0.2, 0.25) is 0 Å². The highest BCUT2D eigenvalue weighted by Crippen LogP contribution is 2.19. The van der Waals surface area contributed by atoms with E-state index in [0.717, 1.165) is 58.5 Å². The lowest BCUT2D eigenvalue weighted by atomic mass is 9.98. The first-order chi connectivity index (χ1) is 9.31. The number of carbonyl (C=O) groups is 1. The second-order valence-electron chi connectivity index (χ2n) is 5.82. The van der Waals surface area contributed by atoms with Gasteiger partial charge < -0.3 is 15.0 Å². The molecule has 0 aromatic rings. The van der Waals surface area contributed by atoms with Gasteiger partial charge in [0.15, 0.2) is 0 Å². The second-order valence-corrected chi connectivity index (χ2v) is 5.82. The zero-order valence-corrected chi connectivity index (χ0v) is 12.2. The Balaban J connectivity index is 1.88. The molecule has 0 radical (unpaired) electrons. The van der Waals surface area contributed by atoms with E-state index in [9.17, 15) is 4.79 Å². The SMILES string of the molecule is CCCCN(CC1CCCN1)C(=O)C1CCOCC1. The van der Waals surface area contributed by atoms with E-state index in [1.54, 1.807) is 0 Å². The molecular weight excluding hydrogens is 240 g/mol. The van der Waals surface area contributed by atoms with Crippen molar-refractivity contribution >= 4 is 5.91 Å². The van der Waals surface area contributed by atoms with E-state index in [1.165, 1.54) is 12.8 Å². The van der Waals surface area contributed by atoms with E-state index in [2.05, 4.69) is 17.1 Å². The van der Waals surface area contributed by atoms with Crippen LogP contribution in [-0.2, 0) is 9.53 Å². The van der Waals surface area contributed by atoms with Crippen molar-refractivity contribution in [3.05, 3.63) is 0 Å². The van der Waals surface area contributed by atoms with Gasteiger partial charge in [0.2, 0.25) is 5.91 Å². The molecule has 2 aliphatic rings. The molecule has 4 nitrogen and oxygen atoms in total. The molecule has 2 fully saturated rings. The molecule has 2 aliphatic heterocycles. The molecular formula is C15H28N2O2. The van der Waals surface area contributed by atoms with Crippen LogP contribution in [0.25, 0.3) is 0 Å². The predicted molar refractivity (Wildman–Crippen MR) is 76.1 cm³/mol. The maximum Gasteiger partial charge on any atom is 0.225 e. The molecule has 0 saturated carbocycles. The van der Waals surface area contributed by atoms with Crippen LogP contribution < -0.4 is 5.32 Å². The third kappa shape index (κ3) is 4.46. The quantitative estimate of drug-likeness (QED) is 0.798. The van der Waals surface area contributed by atoms with Gasteiger partial charge in [-0.1, -0.05) is 13.3 Å². The summed E-state index contributed by atoms with van der Waals surface area (Å²) < 4.78 is 5.36. The Morgan fingerprint density at radius 3 is 2.74 bits per heavy atom. The fraction of sp³-hybridized carbons (Fsp3) is 0.933. The van der Waals surface area contributed by atoms with Gasteiger partial charge in [-0.2, -0.15) is 0 Å². The third-order valence-electron chi connectivity index (χ3n) is 4.27. The van der Waals surface area contributed by atoms with Crippen LogP contribution in [-0.4, -0.2) is 49.7 Å². The predicted octanol–water partition coefficient (Wildman–Crippen LogP) is 1.79. The molecule has 0 aromatic carbocycles. The summed E-state index contributed by atoms with van der Waals surface area (Å²) >= 11 is 0. The summed E-state index contributed by atoms with van der Waals surface area (Å²) in [7, 11) is 0. The zero-order chi connectivity index (χ0) is 13.5. The minimum Gasteiger partial charge on any atom is -0.381 e. The number of amides is 1. The van der Waals surface area contributed by atoms with E-state index in [-0.39, 0.29) is 5.92 Å². The van der Waals surface area contributed by atoms with Crippen LogP contribution in [0.1, 0.15) is 45.4 Å². The first kappa shape index (κ1) is 14.8. The summed E-state index contributed by atoms with van der Waals surface area (Å²) in [5.74, 6) is 0.567. The normalized spacial score (nSPS) is 24.6. The lowest BCUT2D eigenvalue weighted by molar-refractivity contribution is -0.139. The molecule has 110 valence electrons. The minimum atomic E-state index is 0.201. The Kier molecular flexibility index (Phi) is 6.11. The minimum absolute atomic E-state index is 0.201. The average molecular weight is 268 g/mol. The molecule has 0 aromatic heterocycles. The molecule has 2 heterocycles. The van der Waals surface area contributed by atoms with Crippen molar-refractivity contribution in [3.8, 4) is 0 Å². The first-order valence-corrected chi connectivity index (χ1v) is 7.91. The molecule has 19 heavy (non-hydrogen) atoms. The lowest BCUT2D eigenvalue weighted by Crippen LogP contribution is -2.45. The molecule has 4 heteroatoms. The van der Waals surface area contributed by atoms with E-state index in [0.29, 0.717) is 11.9 Å². The maximum atomic E-state index is 12.6. The van der Waals surface area contributed by atoms with Crippen LogP contribution in [0.15, 0.2) is 0 Å². The molecule has 1 atom stereocenters. The highest BCUT2D eigenvalue weighted by Gasteiger charge is 2.28. The molecule has 2 rings (SSSR count). The highest BCUT2D eigenvalue weighted by atomic mass is 16.5. The zero-order valence-electron chi connectivity index (χ0n) is 12.2. The van der Waals surface area contributed by atoms with Gasteiger partial charge in [0, 0.05) is 38.3 Å². The molecule has 2 saturated heterocycles. The number of nitrogens with zero attached hydrogens (tertiary/aromatic N) is 1. The number of hydrogen-bond acceptors (Lipinski definition) is 3. The Hall–Kier alpha value is -0.610. The van der Waals surface area contributed by atoms with Crippen molar-refractivity contribution in [2.24, 2.45) is 5.92 Å². The van der Waals surface area contributed by atoms with Crippen LogP contribution in [0.3, 0.4) is 0 Å². The van der Waals surface area contributed by atoms with Gasteiger partial charge in [-0.3, -0.25) is 4.79 Å². The monoisotopic (exact) mass is 268 g/mol. The van der Waals surface area contributed by atoms with E-state index < -0.39 is 0 Å². The van der Waals surface area contributed by atoms with E-state index >= 15 is 0 Å². The van der Waals surface area contributed by atoms with Gasteiger partial charge in [-0.15, -0.1) is 0 Å². The third-order valence-corrected chi connectivity index (χ3v) is 4.27. The Labute approximate surface area is 116 Å². The number of hydrogen-bond donors (Lipinski definition) is 1. The Bertz CT molecular complexity index is 271. The van der Waals surface area contributed by atoms with Crippen LogP contribution in [0.4, 0.5) is 0 Å². The molecule has 1 amide bonds. The van der Waals surface area contributed by atoms with Gasteiger partial charge in [0.1, 0.15) is 0 Å². The van der Waals surface area contributed by atoms with Gasteiger partial charge in [-0.05, 0) is 38.6 Å². The summed E-state index contributed by atoms with van der Waals surface area (Å²) in [5, 5.41) is 3.50. The smallest absolute Gasteiger partial charge is 0.225 e. The van der Waals surface area contributed by atoms with Crippen LogP contribution >= 0.6 is 0 Å². The number of ether oxygens (including phenoxy) is 1. The van der Waals surface area contributed by atoms with Crippen molar-refractivity contribution in [2.75, 3.05) is 32.8 Å². The number of nitrogens with one attached hydrogen (secondary N) is 1. The lowest BCUT2D eigenvalue weighted by Gasteiger charge is -2.31. The first-order valence-electron chi connectivity index (χ1n) is 7.91. The molecule has 1 N–H and O–H groups in total. The van der Waals surface area contributed by atoms with Crippen molar-refractivity contribution in [3.63, 3.8) is 0 Å². The van der Waals surface area contributed by atoms with Crippen molar-refractivity contribution in [2.45, 2.75) is 51.5 Å². The standard InChI is InChI=1S/C15H28N2O2/c1-2-3-9-17(12-14-5-4-8-16-14)15(18)13-6-10-19-11-7-13/h13-14,16H,2-12H2,1H3. The fourth-order valence-corrected chi connectivity index (χ4v) is 3.02. The van der Waals surface area contributed by atoms with Crippen LogP contribution in [0, 0.1) is 5.92 Å². The number of unbranched alkanes of at least 4 members (excludes halogenated alkanes) is 1. The number of carbonyl (C=O) groups excluding carboxylic acids is 1.